The number of amides is 1. The molecule has 128 valence electrons. The zero-order valence-corrected chi connectivity index (χ0v) is 14.1. The molecule has 0 bridgehead atoms. The summed E-state index contributed by atoms with van der Waals surface area (Å²) in [7, 11) is 3.41. The van der Waals surface area contributed by atoms with Gasteiger partial charge in [-0.15, -0.1) is 0 Å². The Morgan fingerprint density at radius 3 is 2.92 bits per heavy atom. The van der Waals surface area contributed by atoms with Gasteiger partial charge in [-0.2, -0.15) is 0 Å². The average molecular weight is 332 g/mol. The lowest BCUT2D eigenvalue weighted by molar-refractivity contribution is -0.119. The monoisotopic (exact) mass is 332 g/mol. The Bertz CT molecular complexity index is 778. The van der Waals surface area contributed by atoms with Crippen molar-refractivity contribution in [2.45, 2.75) is 26.4 Å². The summed E-state index contributed by atoms with van der Waals surface area (Å²) in [5, 5.41) is 14.5. The molecule has 9 nitrogen and oxygen atoms in total. The fourth-order valence-electron chi connectivity index (χ4n) is 2.64. The number of hydrogen-bond donors (Lipinski definition) is 1. The van der Waals surface area contributed by atoms with Crippen molar-refractivity contribution in [1.29, 1.82) is 0 Å². The number of allylic oxidation sites excluding steroid dienone is 1. The average Bonchev–Trinajstić information content (AvgIpc) is 3.19. The number of tetrazole rings is 1. The summed E-state index contributed by atoms with van der Waals surface area (Å²) in [6.45, 7) is 4.37. The summed E-state index contributed by atoms with van der Waals surface area (Å²) in [6.07, 6.45) is 0. The summed E-state index contributed by atoms with van der Waals surface area (Å²) >= 11 is 0. The number of nitrogens with zero attached hydrogens (tertiary/aromatic N) is 5. The molecule has 0 aromatic carbocycles. The molecule has 0 radical (unpaired) electrons. The van der Waals surface area contributed by atoms with Crippen molar-refractivity contribution in [1.82, 2.24) is 25.5 Å². The Morgan fingerprint density at radius 2 is 2.25 bits per heavy atom. The Labute approximate surface area is 139 Å². The second-order valence-corrected chi connectivity index (χ2v) is 5.69. The Kier molecular flexibility index (Phi) is 4.34. The molecule has 1 aliphatic rings. The minimum Gasteiger partial charge on any atom is -0.464 e. The van der Waals surface area contributed by atoms with Crippen LogP contribution in [0.5, 0.6) is 0 Å². The summed E-state index contributed by atoms with van der Waals surface area (Å²) in [4.78, 5) is 14.6. The molecule has 0 fully saturated rings. The smallest absolute Gasteiger partial charge is 0.251 e. The van der Waals surface area contributed by atoms with Gasteiger partial charge in [-0.1, -0.05) is 5.10 Å². The predicted octanol–water partition coefficient (Wildman–Crippen LogP) is 0.802. The highest BCUT2D eigenvalue weighted by atomic mass is 16.5. The third-order valence-electron chi connectivity index (χ3n) is 4.08. The molecule has 0 spiro atoms. The van der Waals surface area contributed by atoms with E-state index in [0.29, 0.717) is 30.4 Å². The van der Waals surface area contributed by atoms with Gasteiger partial charge in [-0.25, -0.2) is 4.68 Å². The molecule has 0 saturated carbocycles. The lowest BCUT2D eigenvalue weighted by Gasteiger charge is -2.27. The molecule has 3 heterocycles. The SMILES string of the molecule is COC[C@@H](NC(=O)C1=C(C)N(C)c2nnnn2C1)c1ccc(C)o1. The first kappa shape index (κ1) is 16.2. The van der Waals surface area contributed by atoms with Crippen LogP contribution in [0.3, 0.4) is 0 Å². The third-order valence-corrected chi connectivity index (χ3v) is 4.08. The van der Waals surface area contributed by atoms with Crippen LogP contribution in [-0.2, 0) is 16.1 Å². The molecule has 2 aromatic heterocycles. The van der Waals surface area contributed by atoms with Crippen LogP contribution >= 0.6 is 0 Å². The van der Waals surface area contributed by atoms with Gasteiger partial charge < -0.3 is 19.4 Å². The molecule has 1 amide bonds. The molecule has 0 aliphatic carbocycles. The molecule has 3 rings (SSSR count). The van der Waals surface area contributed by atoms with Gasteiger partial charge in [0.2, 0.25) is 5.95 Å². The Morgan fingerprint density at radius 1 is 1.46 bits per heavy atom. The van der Waals surface area contributed by atoms with Crippen LogP contribution in [0.25, 0.3) is 0 Å². The zero-order chi connectivity index (χ0) is 17.3. The molecule has 0 saturated heterocycles. The van der Waals surface area contributed by atoms with Crippen molar-refractivity contribution in [3.8, 4) is 0 Å². The van der Waals surface area contributed by atoms with Crippen molar-refractivity contribution < 1.29 is 13.9 Å². The molecular weight excluding hydrogens is 312 g/mol. The van der Waals surface area contributed by atoms with Crippen molar-refractivity contribution in [2.24, 2.45) is 0 Å². The molecule has 0 unspecified atom stereocenters. The number of carbonyl (C=O) groups excluding carboxylic acids is 1. The standard InChI is InChI=1S/C15H20N6O3/c1-9-5-6-13(24-9)12(8-23-4)16-14(22)11-7-21-15(17-18-19-21)20(3)10(11)2/h5-6,12H,7-8H2,1-4H3,(H,16,22)/t12-/m1/s1. The fourth-order valence-corrected chi connectivity index (χ4v) is 2.64. The number of carbonyl (C=O) groups is 1. The lowest BCUT2D eigenvalue weighted by atomic mass is 10.1. The van der Waals surface area contributed by atoms with Crippen LogP contribution in [0, 0.1) is 6.92 Å². The number of nitrogens with one attached hydrogen (secondary N) is 1. The molecule has 1 aliphatic heterocycles. The van der Waals surface area contributed by atoms with Crippen LogP contribution in [0.1, 0.15) is 24.5 Å². The first-order valence-corrected chi connectivity index (χ1v) is 7.57. The predicted molar refractivity (Wildman–Crippen MR) is 85.1 cm³/mol. The van der Waals surface area contributed by atoms with Crippen LogP contribution in [0.2, 0.25) is 0 Å². The van der Waals surface area contributed by atoms with Crippen LogP contribution in [0.4, 0.5) is 5.95 Å². The van der Waals surface area contributed by atoms with Gasteiger partial charge in [-0.3, -0.25) is 4.79 Å². The van der Waals surface area contributed by atoms with Gasteiger partial charge in [0, 0.05) is 19.9 Å². The van der Waals surface area contributed by atoms with Gasteiger partial charge in [-0.05, 0) is 36.4 Å². The summed E-state index contributed by atoms with van der Waals surface area (Å²) < 4.78 is 12.4. The van der Waals surface area contributed by atoms with Crippen LogP contribution in [-0.4, -0.2) is 46.9 Å². The minimum atomic E-state index is -0.364. The first-order chi connectivity index (χ1) is 11.5. The van der Waals surface area contributed by atoms with E-state index in [9.17, 15) is 4.79 Å². The fraction of sp³-hybridized carbons (Fsp3) is 0.467. The molecule has 1 atom stereocenters. The summed E-state index contributed by atoms with van der Waals surface area (Å²) in [6, 6.07) is 3.33. The second-order valence-electron chi connectivity index (χ2n) is 5.69. The van der Waals surface area contributed by atoms with E-state index in [1.807, 2.05) is 33.0 Å². The molecule has 24 heavy (non-hydrogen) atoms. The Hall–Kier alpha value is -2.68. The van der Waals surface area contributed by atoms with Crippen molar-refractivity contribution in [2.75, 3.05) is 25.7 Å². The van der Waals surface area contributed by atoms with E-state index in [4.69, 9.17) is 9.15 Å². The highest BCUT2D eigenvalue weighted by Gasteiger charge is 2.28. The molecule has 9 heteroatoms. The van der Waals surface area contributed by atoms with E-state index in [-0.39, 0.29) is 11.9 Å². The van der Waals surface area contributed by atoms with Crippen molar-refractivity contribution in [3.63, 3.8) is 0 Å². The lowest BCUT2D eigenvalue weighted by Crippen LogP contribution is -2.37. The maximum atomic E-state index is 12.8. The number of aromatic nitrogens is 4. The topological polar surface area (TPSA) is 98.3 Å². The van der Waals surface area contributed by atoms with E-state index < -0.39 is 0 Å². The second kappa shape index (κ2) is 6.44. The minimum absolute atomic E-state index is 0.198. The molecule has 1 N–H and O–H groups in total. The van der Waals surface area contributed by atoms with Crippen LogP contribution < -0.4 is 10.2 Å². The van der Waals surface area contributed by atoms with E-state index >= 15 is 0 Å². The highest BCUT2D eigenvalue weighted by molar-refractivity contribution is 5.95. The van der Waals surface area contributed by atoms with E-state index in [0.717, 1.165) is 11.5 Å². The van der Waals surface area contributed by atoms with Crippen molar-refractivity contribution in [3.05, 3.63) is 34.9 Å². The molecule has 2 aromatic rings. The van der Waals surface area contributed by atoms with Crippen LogP contribution in [0.15, 0.2) is 27.8 Å². The quantitative estimate of drug-likeness (QED) is 0.865. The van der Waals surface area contributed by atoms with Crippen molar-refractivity contribution >= 4 is 11.9 Å². The van der Waals surface area contributed by atoms with Gasteiger partial charge in [0.1, 0.15) is 17.6 Å². The summed E-state index contributed by atoms with van der Waals surface area (Å²) in [5.41, 5.74) is 1.41. The Balaban J connectivity index is 1.81. The van der Waals surface area contributed by atoms with E-state index in [2.05, 4.69) is 20.8 Å². The van der Waals surface area contributed by atoms with Gasteiger partial charge in [0.15, 0.2) is 0 Å². The largest absolute Gasteiger partial charge is 0.464 e. The number of rotatable bonds is 5. The van der Waals surface area contributed by atoms with Gasteiger partial charge in [0.25, 0.3) is 5.91 Å². The molecular formula is C15H20N6O3. The first-order valence-electron chi connectivity index (χ1n) is 7.57. The number of furan rings is 1. The maximum Gasteiger partial charge on any atom is 0.251 e. The number of fused-ring (bicyclic) bond motifs is 1. The van der Waals surface area contributed by atoms with Gasteiger partial charge in [0.05, 0.1) is 18.7 Å². The third kappa shape index (κ3) is 2.90. The number of methoxy groups -OCH3 is 1. The highest BCUT2D eigenvalue weighted by Crippen LogP contribution is 2.24. The number of aryl methyl sites for hydroxylation is 1. The van der Waals surface area contributed by atoms with Gasteiger partial charge >= 0.3 is 0 Å². The maximum absolute atomic E-state index is 12.8. The summed E-state index contributed by atoms with van der Waals surface area (Å²) in [5.74, 6) is 1.86. The van der Waals surface area contributed by atoms with E-state index in [1.54, 1.807) is 16.7 Å². The van der Waals surface area contributed by atoms with E-state index in [1.165, 1.54) is 0 Å². The number of anilines is 1. The number of hydrogen-bond acceptors (Lipinski definition) is 7. The normalized spacial score (nSPS) is 15.4. The zero-order valence-electron chi connectivity index (χ0n) is 14.1. The number of ether oxygens (including phenoxy) is 1.